The first-order chi connectivity index (χ1) is 14.8. The number of rotatable bonds is 8. The van der Waals surface area contributed by atoms with Gasteiger partial charge in [0.05, 0.1) is 30.8 Å². The molecule has 0 aliphatic rings. The van der Waals surface area contributed by atoms with E-state index in [4.69, 9.17) is 9.84 Å². The molecule has 11 nitrogen and oxygen atoms in total. The molecule has 0 bridgehead atoms. The maximum Gasteiger partial charge on any atom is 0.328 e. The highest BCUT2D eigenvalue weighted by molar-refractivity contribution is 6.11. The van der Waals surface area contributed by atoms with Crippen molar-refractivity contribution in [2.24, 2.45) is 0 Å². The summed E-state index contributed by atoms with van der Waals surface area (Å²) in [5, 5.41) is 22.6. The molecule has 11 heteroatoms. The smallest absolute Gasteiger partial charge is 0.328 e. The third kappa shape index (κ3) is 4.71. The van der Waals surface area contributed by atoms with Crippen molar-refractivity contribution in [1.82, 2.24) is 19.6 Å². The predicted octanol–water partition coefficient (Wildman–Crippen LogP) is 2.26. The number of ether oxygens (including phenoxy) is 1. The highest BCUT2D eigenvalue weighted by Crippen LogP contribution is 2.21. The molecular formula is C20H22N6O5. The van der Waals surface area contributed by atoms with E-state index in [1.807, 2.05) is 6.92 Å². The molecule has 1 unspecified atom stereocenters. The average molecular weight is 426 g/mol. The first kappa shape index (κ1) is 21.6. The van der Waals surface area contributed by atoms with Crippen LogP contribution >= 0.6 is 0 Å². The van der Waals surface area contributed by atoms with Gasteiger partial charge in [-0.15, -0.1) is 0 Å². The van der Waals surface area contributed by atoms with Gasteiger partial charge in [0, 0.05) is 24.5 Å². The summed E-state index contributed by atoms with van der Waals surface area (Å²) in [5.41, 5.74) is 1.06. The van der Waals surface area contributed by atoms with E-state index in [-0.39, 0.29) is 16.9 Å². The number of amides is 2. The van der Waals surface area contributed by atoms with Crippen molar-refractivity contribution in [1.29, 1.82) is 0 Å². The van der Waals surface area contributed by atoms with Crippen LogP contribution in [0.1, 0.15) is 40.7 Å². The molecule has 0 aliphatic carbocycles. The highest BCUT2D eigenvalue weighted by atomic mass is 16.5. The number of carboxylic acids is 1. The number of aryl methyl sites for hydroxylation is 1. The molecule has 0 fully saturated rings. The van der Waals surface area contributed by atoms with Crippen LogP contribution in [0.2, 0.25) is 0 Å². The lowest BCUT2D eigenvalue weighted by atomic mass is 10.2. The molecule has 1 atom stereocenters. The van der Waals surface area contributed by atoms with E-state index in [9.17, 15) is 14.4 Å². The van der Waals surface area contributed by atoms with Gasteiger partial charge in [0.15, 0.2) is 0 Å². The molecule has 3 rings (SSSR count). The van der Waals surface area contributed by atoms with Crippen molar-refractivity contribution in [2.45, 2.75) is 26.4 Å². The average Bonchev–Trinajstić information content (AvgIpc) is 3.40. The van der Waals surface area contributed by atoms with E-state index in [1.165, 1.54) is 42.0 Å². The van der Waals surface area contributed by atoms with Gasteiger partial charge in [-0.3, -0.25) is 19.0 Å². The highest BCUT2D eigenvalue weighted by Gasteiger charge is 2.22. The summed E-state index contributed by atoms with van der Waals surface area (Å²) < 4.78 is 7.79. The molecule has 162 valence electrons. The summed E-state index contributed by atoms with van der Waals surface area (Å²) >= 11 is 0. The zero-order chi connectivity index (χ0) is 22.5. The summed E-state index contributed by atoms with van der Waals surface area (Å²) in [7, 11) is 1.53. The number of nitrogens with one attached hydrogen (secondary N) is 2. The summed E-state index contributed by atoms with van der Waals surface area (Å²) in [6.45, 7) is 3.67. The van der Waals surface area contributed by atoms with Crippen LogP contribution in [0.4, 0.5) is 11.4 Å². The van der Waals surface area contributed by atoms with Crippen LogP contribution in [0.25, 0.3) is 0 Å². The maximum absolute atomic E-state index is 12.9. The molecule has 2 amide bonds. The first-order valence-electron chi connectivity index (χ1n) is 9.43. The van der Waals surface area contributed by atoms with Crippen molar-refractivity contribution < 1.29 is 24.2 Å². The van der Waals surface area contributed by atoms with Gasteiger partial charge in [-0.2, -0.15) is 10.2 Å². The Kier molecular flexibility index (Phi) is 6.34. The Hall–Kier alpha value is -4.15. The van der Waals surface area contributed by atoms with Gasteiger partial charge in [-0.1, -0.05) is 6.07 Å². The summed E-state index contributed by atoms with van der Waals surface area (Å²) in [5.74, 6) is -1.49. The third-order valence-electron chi connectivity index (χ3n) is 4.55. The Bertz CT molecular complexity index is 1120. The number of nitrogens with zero attached hydrogens (tertiary/aromatic N) is 4. The first-order valence-corrected chi connectivity index (χ1v) is 9.43. The Morgan fingerprint density at radius 1 is 1.16 bits per heavy atom. The number of hydrogen-bond acceptors (Lipinski definition) is 6. The van der Waals surface area contributed by atoms with Crippen LogP contribution in [-0.4, -0.2) is 49.6 Å². The number of anilines is 2. The monoisotopic (exact) mass is 426 g/mol. The Morgan fingerprint density at radius 3 is 2.61 bits per heavy atom. The zero-order valence-corrected chi connectivity index (χ0v) is 17.2. The van der Waals surface area contributed by atoms with E-state index in [0.29, 0.717) is 18.0 Å². The van der Waals surface area contributed by atoms with Gasteiger partial charge in [0.25, 0.3) is 11.8 Å². The van der Waals surface area contributed by atoms with E-state index in [2.05, 4.69) is 20.8 Å². The minimum absolute atomic E-state index is 0.150. The number of carboxylic acid groups (broad SMARTS) is 1. The predicted molar refractivity (Wildman–Crippen MR) is 111 cm³/mol. The Labute approximate surface area is 177 Å². The number of carbonyl (C=O) groups excluding carboxylic acids is 2. The van der Waals surface area contributed by atoms with Gasteiger partial charge in [0.1, 0.15) is 17.5 Å². The molecule has 31 heavy (non-hydrogen) atoms. The molecule has 0 saturated carbocycles. The molecule has 3 N–H and O–H groups in total. The standard InChI is InChI=1S/C20H22N6O5/c1-4-25-17(19(28)23-14-6-5-7-15(8-14)31-3)16(10-22-25)24-18(27)13-9-21-26(11-13)12(2)20(29)30/h5-12H,4H2,1-3H3,(H,23,28)(H,24,27)(H,29,30). The lowest BCUT2D eigenvalue weighted by molar-refractivity contribution is -0.140. The molecule has 0 spiro atoms. The number of carbonyl (C=O) groups is 3. The van der Waals surface area contributed by atoms with Crippen molar-refractivity contribution in [3.8, 4) is 5.75 Å². The van der Waals surface area contributed by atoms with Crippen LogP contribution in [0, 0.1) is 0 Å². The molecule has 3 aromatic rings. The van der Waals surface area contributed by atoms with Crippen molar-refractivity contribution in [3.63, 3.8) is 0 Å². The number of benzene rings is 1. The number of aliphatic carboxylic acids is 1. The van der Waals surface area contributed by atoms with Gasteiger partial charge < -0.3 is 20.5 Å². The van der Waals surface area contributed by atoms with Crippen LogP contribution in [0.15, 0.2) is 42.9 Å². The fraction of sp³-hybridized carbons (Fsp3) is 0.250. The normalized spacial score (nSPS) is 11.6. The van der Waals surface area contributed by atoms with Crippen LogP contribution < -0.4 is 15.4 Å². The lowest BCUT2D eigenvalue weighted by Gasteiger charge is -2.10. The molecule has 2 heterocycles. The van der Waals surface area contributed by atoms with Gasteiger partial charge >= 0.3 is 5.97 Å². The number of hydrogen-bond donors (Lipinski definition) is 3. The Balaban J connectivity index is 1.81. The molecule has 2 aromatic heterocycles. The van der Waals surface area contributed by atoms with E-state index in [1.54, 1.807) is 24.3 Å². The second-order valence-electron chi connectivity index (χ2n) is 6.59. The number of aromatic nitrogens is 4. The van der Waals surface area contributed by atoms with Crippen molar-refractivity contribution in [2.75, 3.05) is 17.7 Å². The minimum Gasteiger partial charge on any atom is -0.497 e. The topological polar surface area (TPSA) is 140 Å². The molecule has 1 aromatic carbocycles. The quantitative estimate of drug-likeness (QED) is 0.502. The molecule has 0 radical (unpaired) electrons. The van der Waals surface area contributed by atoms with Gasteiger partial charge in [-0.05, 0) is 26.0 Å². The third-order valence-corrected chi connectivity index (χ3v) is 4.55. The fourth-order valence-corrected chi connectivity index (χ4v) is 2.82. The van der Waals surface area contributed by atoms with Crippen molar-refractivity contribution >= 4 is 29.2 Å². The fourth-order valence-electron chi connectivity index (χ4n) is 2.82. The lowest BCUT2D eigenvalue weighted by Crippen LogP contribution is -2.21. The Morgan fingerprint density at radius 2 is 1.94 bits per heavy atom. The van der Waals surface area contributed by atoms with E-state index in [0.717, 1.165) is 0 Å². The summed E-state index contributed by atoms with van der Waals surface area (Å²) in [6, 6.07) is 5.95. The number of methoxy groups -OCH3 is 1. The second-order valence-corrected chi connectivity index (χ2v) is 6.59. The van der Waals surface area contributed by atoms with E-state index < -0.39 is 23.8 Å². The molecule has 0 aliphatic heterocycles. The largest absolute Gasteiger partial charge is 0.497 e. The van der Waals surface area contributed by atoms with Crippen molar-refractivity contribution in [3.05, 3.63) is 54.1 Å². The second kappa shape index (κ2) is 9.11. The summed E-state index contributed by atoms with van der Waals surface area (Å²) in [4.78, 5) is 36.6. The molecule has 0 saturated heterocycles. The summed E-state index contributed by atoms with van der Waals surface area (Å²) in [6.07, 6.45) is 3.97. The van der Waals surface area contributed by atoms with Crippen LogP contribution in [0.3, 0.4) is 0 Å². The minimum atomic E-state index is -1.07. The van der Waals surface area contributed by atoms with Gasteiger partial charge in [0.2, 0.25) is 0 Å². The SMILES string of the molecule is CCn1ncc(NC(=O)c2cnn(C(C)C(=O)O)c2)c1C(=O)Nc1cccc(OC)c1. The van der Waals surface area contributed by atoms with Crippen LogP contribution in [-0.2, 0) is 11.3 Å². The zero-order valence-electron chi connectivity index (χ0n) is 17.2. The van der Waals surface area contributed by atoms with Crippen LogP contribution in [0.5, 0.6) is 5.75 Å². The maximum atomic E-state index is 12.9. The molecular weight excluding hydrogens is 404 g/mol. The van der Waals surface area contributed by atoms with E-state index >= 15 is 0 Å². The van der Waals surface area contributed by atoms with Gasteiger partial charge in [-0.25, -0.2) is 4.79 Å².